The van der Waals surface area contributed by atoms with Crippen LogP contribution in [0.5, 0.6) is 0 Å². The van der Waals surface area contributed by atoms with Crippen molar-refractivity contribution in [3.63, 3.8) is 0 Å². The minimum atomic E-state index is 0.393. The molecule has 0 heteroatoms. The van der Waals surface area contributed by atoms with Crippen LogP contribution in [0.1, 0.15) is 25.0 Å². The van der Waals surface area contributed by atoms with Crippen LogP contribution in [-0.4, -0.2) is 0 Å². The standard InChI is InChI=1S/C17H16/c1-12-7-8-17(13(2)9-12)16-10-14-5-3-4-6-15(14)11-16/h3-7,13H,10-11H2,1-2H3. The summed E-state index contributed by atoms with van der Waals surface area (Å²) in [5, 5.41) is 0. The van der Waals surface area contributed by atoms with E-state index in [4.69, 9.17) is 0 Å². The highest BCUT2D eigenvalue weighted by molar-refractivity contribution is 5.45. The van der Waals surface area contributed by atoms with E-state index in [1.54, 1.807) is 0 Å². The maximum atomic E-state index is 3.47. The molecule has 0 amide bonds. The molecule has 0 N–H and O–H groups in total. The number of rotatable bonds is 0. The molecule has 1 unspecified atom stereocenters. The Morgan fingerprint density at radius 3 is 2.35 bits per heavy atom. The maximum absolute atomic E-state index is 3.47. The molecule has 0 bridgehead atoms. The molecule has 1 aromatic carbocycles. The minimum Gasteiger partial charge on any atom is -0.0620 e. The molecule has 0 saturated carbocycles. The van der Waals surface area contributed by atoms with Crippen molar-refractivity contribution in [2.75, 3.05) is 0 Å². The molecule has 0 nitrogen and oxygen atoms in total. The summed E-state index contributed by atoms with van der Waals surface area (Å²) in [7, 11) is 0. The highest BCUT2D eigenvalue weighted by Gasteiger charge is 2.20. The van der Waals surface area contributed by atoms with Crippen LogP contribution in [0.15, 0.2) is 47.1 Å². The van der Waals surface area contributed by atoms with Crippen molar-refractivity contribution in [2.45, 2.75) is 26.7 Å². The first kappa shape index (κ1) is 10.6. The van der Waals surface area contributed by atoms with Crippen molar-refractivity contribution < 1.29 is 0 Å². The maximum Gasteiger partial charge on any atom is 0.00726 e. The van der Waals surface area contributed by atoms with Crippen LogP contribution in [0.2, 0.25) is 0 Å². The fraction of sp³-hybridized carbons (Fsp3) is 0.294. The molecule has 17 heavy (non-hydrogen) atoms. The van der Waals surface area contributed by atoms with Crippen molar-refractivity contribution >= 4 is 0 Å². The molecule has 2 radical (unpaired) electrons. The van der Waals surface area contributed by atoms with E-state index in [0.29, 0.717) is 5.92 Å². The second kappa shape index (κ2) is 4.03. The first-order chi connectivity index (χ1) is 8.24. The van der Waals surface area contributed by atoms with Gasteiger partial charge in [-0.2, -0.15) is 0 Å². The number of benzene rings is 1. The topological polar surface area (TPSA) is 0 Å². The molecule has 1 atom stereocenters. The van der Waals surface area contributed by atoms with Gasteiger partial charge < -0.3 is 0 Å². The Bertz CT molecular complexity index is 514. The van der Waals surface area contributed by atoms with Crippen LogP contribution in [0.25, 0.3) is 0 Å². The van der Waals surface area contributed by atoms with Gasteiger partial charge in [-0.1, -0.05) is 42.8 Å². The Balaban J connectivity index is 1.96. The van der Waals surface area contributed by atoms with Crippen molar-refractivity contribution in [3.8, 4) is 0 Å². The first-order valence-corrected chi connectivity index (χ1v) is 6.22. The van der Waals surface area contributed by atoms with E-state index in [9.17, 15) is 0 Å². The zero-order valence-electron chi connectivity index (χ0n) is 10.4. The summed E-state index contributed by atoms with van der Waals surface area (Å²) < 4.78 is 0. The Morgan fingerprint density at radius 2 is 1.76 bits per heavy atom. The third-order valence-corrected chi connectivity index (χ3v) is 3.63. The van der Waals surface area contributed by atoms with Crippen LogP contribution in [0, 0.1) is 18.1 Å². The van der Waals surface area contributed by atoms with E-state index in [0.717, 1.165) is 12.8 Å². The van der Waals surface area contributed by atoms with Gasteiger partial charge in [0.1, 0.15) is 0 Å². The molecular formula is C17H16. The smallest absolute Gasteiger partial charge is 0.00726 e. The molecule has 0 saturated heterocycles. The van der Waals surface area contributed by atoms with E-state index in [2.05, 4.69) is 56.3 Å². The van der Waals surface area contributed by atoms with Gasteiger partial charge in [0.05, 0.1) is 0 Å². The number of allylic oxidation sites excluding steroid dienone is 6. The van der Waals surface area contributed by atoms with Crippen LogP contribution < -0.4 is 0 Å². The van der Waals surface area contributed by atoms with Crippen molar-refractivity contribution in [3.05, 3.63) is 70.3 Å². The summed E-state index contributed by atoms with van der Waals surface area (Å²) in [5.74, 6) is 0.393. The van der Waals surface area contributed by atoms with Gasteiger partial charge in [0.2, 0.25) is 0 Å². The molecule has 0 heterocycles. The molecule has 0 spiro atoms. The van der Waals surface area contributed by atoms with Crippen LogP contribution in [0.3, 0.4) is 0 Å². The van der Waals surface area contributed by atoms with E-state index >= 15 is 0 Å². The van der Waals surface area contributed by atoms with Crippen molar-refractivity contribution in [1.82, 2.24) is 0 Å². The Labute approximate surface area is 103 Å². The lowest BCUT2D eigenvalue weighted by Crippen LogP contribution is -2.04. The minimum absolute atomic E-state index is 0.393. The molecule has 0 fully saturated rings. The monoisotopic (exact) mass is 220 g/mol. The average Bonchev–Trinajstić information content (AvgIpc) is 2.72. The zero-order chi connectivity index (χ0) is 11.8. The summed E-state index contributed by atoms with van der Waals surface area (Å²) in [6, 6.07) is 8.74. The van der Waals surface area contributed by atoms with Gasteiger partial charge >= 0.3 is 0 Å². The lowest BCUT2D eigenvalue weighted by atomic mass is 9.88. The van der Waals surface area contributed by atoms with Crippen LogP contribution >= 0.6 is 0 Å². The lowest BCUT2D eigenvalue weighted by molar-refractivity contribution is 0.811. The number of hydrogen-bond donors (Lipinski definition) is 0. The van der Waals surface area contributed by atoms with Gasteiger partial charge in [0, 0.05) is 5.92 Å². The summed E-state index contributed by atoms with van der Waals surface area (Å²) in [4.78, 5) is 0. The molecule has 2 aliphatic carbocycles. The second-order valence-electron chi connectivity index (χ2n) is 4.98. The van der Waals surface area contributed by atoms with Gasteiger partial charge in [0.15, 0.2) is 0 Å². The predicted octanol–water partition coefficient (Wildman–Crippen LogP) is 3.84. The predicted molar refractivity (Wildman–Crippen MR) is 70.3 cm³/mol. The summed E-state index contributed by atoms with van der Waals surface area (Å²) in [6.07, 6.45) is 11.2. The molecule has 1 aromatic rings. The lowest BCUT2D eigenvalue weighted by Gasteiger charge is -2.16. The Kier molecular flexibility index (Phi) is 2.51. The number of fused-ring (bicyclic) bond motifs is 1. The molecule has 84 valence electrons. The van der Waals surface area contributed by atoms with Crippen molar-refractivity contribution in [1.29, 1.82) is 0 Å². The van der Waals surface area contributed by atoms with Crippen LogP contribution in [0.4, 0.5) is 0 Å². The fourth-order valence-electron chi connectivity index (χ4n) is 2.79. The van der Waals surface area contributed by atoms with Gasteiger partial charge in [-0.25, -0.2) is 0 Å². The Morgan fingerprint density at radius 1 is 1.12 bits per heavy atom. The van der Waals surface area contributed by atoms with E-state index < -0.39 is 0 Å². The molecule has 3 rings (SSSR count). The number of hydrogen-bond acceptors (Lipinski definition) is 0. The van der Waals surface area contributed by atoms with Gasteiger partial charge in [0.25, 0.3) is 0 Å². The van der Waals surface area contributed by atoms with Gasteiger partial charge in [-0.15, -0.1) is 0 Å². The third kappa shape index (κ3) is 1.88. The highest BCUT2D eigenvalue weighted by atomic mass is 14.2. The fourth-order valence-corrected chi connectivity index (χ4v) is 2.79. The third-order valence-electron chi connectivity index (χ3n) is 3.63. The summed E-state index contributed by atoms with van der Waals surface area (Å²) >= 11 is 0. The molecule has 0 aliphatic heterocycles. The summed E-state index contributed by atoms with van der Waals surface area (Å²) in [6.45, 7) is 4.31. The SMILES string of the molecule is CC1=[C]C(C)C(=C2Cc3ccccc3C2)[C]=C1. The van der Waals surface area contributed by atoms with Crippen molar-refractivity contribution in [2.24, 2.45) is 5.92 Å². The van der Waals surface area contributed by atoms with Crippen LogP contribution in [-0.2, 0) is 12.8 Å². The molecule has 0 aromatic heterocycles. The van der Waals surface area contributed by atoms with E-state index in [1.807, 2.05) is 0 Å². The normalized spacial score (nSPS) is 22.7. The average molecular weight is 220 g/mol. The van der Waals surface area contributed by atoms with Gasteiger partial charge in [-0.3, -0.25) is 0 Å². The Hall–Kier alpha value is -1.56. The summed E-state index contributed by atoms with van der Waals surface area (Å²) in [5.41, 5.74) is 7.05. The van der Waals surface area contributed by atoms with Gasteiger partial charge in [-0.05, 0) is 54.2 Å². The zero-order valence-corrected chi connectivity index (χ0v) is 10.4. The molecular weight excluding hydrogens is 204 g/mol. The molecule has 2 aliphatic rings. The largest absolute Gasteiger partial charge is 0.0620 e. The highest BCUT2D eigenvalue weighted by Crippen LogP contribution is 2.32. The second-order valence-corrected chi connectivity index (χ2v) is 4.98. The van der Waals surface area contributed by atoms with E-state index in [-0.39, 0.29) is 0 Å². The first-order valence-electron chi connectivity index (χ1n) is 6.22. The quantitative estimate of drug-likeness (QED) is 0.623. The van der Waals surface area contributed by atoms with E-state index in [1.165, 1.54) is 27.8 Å².